The van der Waals surface area contributed by atoms with Crippen LogP contribution in [0.4, 0.5) is 13.2 Å². The molecule has 0 saturated carbocycles. The van der Waals surface area contributed by atoms with Crippen molar-refractivity contribution in [2.75, 3.05) is 13.2 Å². The van der Waals surface area contributed by atoms with Gasteiger partial charge < -0.3 is 19.9 Å². The molecule has 2 heterocycles. The lowest BCUT2D eigenvalue weighted by Crippen LogP contribution is -2.36. The van der Waals surface area contributed by atoms with Crippen LogP contribution in [0.1, 0.15) is 35.9 Å². The summed E-state index contributed by atoms with van der Waals surface area (Å²) in [4.78, 5) is 6.43. The number of ether oxygens (including phenoxy) is 1. The maximum Gasteiger partial charge on any atom is 0.416 e. The maximum absolute atomic E-state index is 12.7. The Kier molecular flexibility index (Phi) is 6.92. The first kappa shape index (κ1) is 24.9. The minimum Gasteiger partial charge on any atom is -0.493 e. The first-order chi connectivity index (χ1) is 17.8. The number of nitrogens with zero attached hydrogens (tertiary/aromatic N) is 4. The summed E-state index contributed by atoms with van der Waals surface area (Å²) in [6.07, 6.45) is -2.11. The van der Waals surface area contributed by atoms with E-state index in [0.717, 1.165) is 53.4 Å². The van der Waals surface area contributed by atoms with Crippen molar-refractivity contribution in [3.63, 3.8) is 0 Å². The Morgan fingerprint density at radius 2 is 1.86 bits per heavy atom. The summed E-state index contributed by atoms with van der Waals surface area (Å²) in [6, 6.07) is 16.5. The van der Waals surface area contributed by atoms with Crippen LogP contribution in [0.3, 0.4) is 0 Å². The van der Waals surface area contributed by atoms with Crippen molar-refractivity contribution in [3.05, 3.63) is 77.7 Å². The number of fused-ring (bicyclic) bond motifs is 1. The number of benzene rings is 3. The number of halogens is 4. The van der Waals surface area contributed by atoms with E-state index in [2.05, 4.69) is 14.7 Å². The standard InChI is InChI=1S/C26H23ClF3N5O2/c27-33-25(31)35-12-1-2-22(35)24-32-23(34-37-24)19-6-5-18-15-21(10-7-17(18)14-19)36-13-11-16-3-8-20(9-4-16)26(28,29)30/h3-10,14-15,22H,1-2,11-13H2,(H2,31,33)/t22-/m0/s1. The molecular formula is C26H23ClF3N5O2. The lowest BCUT2D eigenvalue weighted by Gasteiger charge is -2.21. The highest BCUT2D eigenvalue weighted by atomic mass is 35.5. The molecule has 0 radical (unpaired) electrons. The number of rotatable bonds is 6. The minimum absolute atomic E-state index is 0.161. The summed E-state index contributed by atoms with van der Waals surface area (Å²) in [5.74, 6) is 1.84. The molecule has 1 atom stereocenters. The molecule has 0 spiro atoms. The monoisotopic (exact) mass is 529 g/mol. The molecule has 1 fully saturated rings. The van der Waals surface area contributed by atoms with Gasteiger partial charge in [0.2, 0.25) is 17.7 Å². The molecule has 192 valence electrons. The Hall–Kier alpha value is -3.79. The van der Waals surface area contributed by atoms with Crippen molar-refractivity contribution >= 4 is 28.5 Å². The van der Waals surface area contributed by atoms with E-state index in [4.69, 9.17) is 26.8 Å². The largest absolute Gasteiger partial charge is 0.493 e. The average molecular weight is 530 g/mol. The second kappa shape index (κ2) is 10.3. The number of guanidine groups is 1. The number of hydrogen-bond donors (Lipinski definition) is 1. The van der Waals surface area contributed by atoms with Gasteiger partial charge in [0.05, 0.1) is 12.2 Å². The predicted octanol–water partition coefficient (Wildman–Crippen LogP) is 6.14. The zero-order valence-corrected chi connectivity index (χ0v) is 20.3. The molecule has 1 aliphatic heterocycles. The van der Waals surface area contributed by atoms with Crippen LogP contribution in [-0.4, -0.2) is 34.2 Å². The first-order valence-corrected chi connectivity index (χ1v) is 12.0. The van der Waals surface area contributed by atoms with Crippen LogP contribution in [0.5, 0.6) is 5.75 Å². The SMILES string of the molecule is N/C(=N/Cl)N1CCC[C@H]1c1nc(-c2ccc3cc(OCCc4ccc(C(F)(F)F)cc4)ccc3c2)no1. The molecule has 4 aromatic rings. The summed E-state index contributed by atoms with van der Waals surface area (Å²) >= 11 is 5.54. The van der Waals surface area contributed by atoms with Crippen molar-refractivity contribution in [3.8, 4) is 17.1 Å². The lowest BCUT2D eigenvalue weighted by molar-refractivity contribution is -0.137. The van der Waals surface area contributed by atoms with Crippen LogP contribution >= 0.6 is 11.8 Å². The second-order valence-corrected chi connectivity index (χ2v) is 8.94. The Morgan fingerprint density at radius 3 is 2.62 bits per heavy atom. The molecule has 0 unspecified atom stereocenters. The number of likely N-dealkylation sites (tertiary alicyclic amines) is 1. The Labute approximate surface area is 215 Å². The number of nitrogens with two attached hydrogens (primary N) is 1. The highest BCUT2D eigenvalue weighted by Crippen LogP contribution is 2.33. The molecule has 2 N–H and O–H groups in total. The zero-order chi connectivity index (χ0) is 26.0. The van der Waals surface area contributed by atoms with Crippen LogP contribution in [0.2, 0.25) is 0 Å². The molecular weight excluding hydrogens is 507 g/mol. The maximum atomic E-state index is 12.7. The van der Waals surface area contributed by atoms with Crippen molar-refractivity contribution in [1.29, 1.82) is 0 Å². The lowest BCUT2D eigenvalue weighted by atomic mass is 10.1. The third-order valence-corrected chi connectivity index (χ3v) is 6.54. The van der Waals surface area contributed by atoms with Crippen molar-refractivity contribution in [2.45, 2.75) is 31.5 Å². The van der Waals surface area contributed by atoms with E-state index in [9.17, 15) is 13.2 Å². The van der Waals surface area contributed by atoms with E-state index in [1.807, 2.05) is 41.3 Å². The summed E-state index contributed by atoms with van der Waals surface area (Å²) in [6.45, 7) is 1.06. The second-order valence-electron chi connectivity index (χ2n) is 8.77. The van der Waals surface area contributed by atoms with Gasteiger partial charge in [-0.2, -0.15) is 18.2 Å². The number of aromatic nitrogens is 2. The molecule has 1 aliphatic rings. The third kappa shape index (κ3) is 5.48. The molecule has 37 heavy (non-hydrogen) atoms. The zero-order valence-electron chi connectivity index (χ0n) is 19.6. The Bertz CT molecular complexity index is 1420. The molecule has 5 rings (SSSR count). The van der Waals surface area contributed by atoms with E-state index in [1.54, 1.807) is 0 Å². The highest BCUT2D eigenvalue weighted by molar-refractivity contribution is 6.19. The molecule has 11 heteroatoms. The molecule has 0 bridgehead atoms. The van der Waals surface area contributed by atoms with Gasteiger partial charge in [-0.1, -0.05) is 35.5 Å². The first-order valence-electron chi connectivity index (χ1n) is 11.7. The molecule has 1 saturated heterocycles. The quantitative estimate of drug-likeness (QED) is 0.238. The Morgan fingerprint density at radius 1 is 1.11 bits per heavy atom. The minimum atomic E-state index is -4.34. The van der Waals surface area contributed by atoms with E-state index < -0.39 is 11.7 Å². The number of hydrogen-bond acceptors (Lipinski definition) is 5. The van der Waals surface area contributed by atoms with E-state index in [0.29, 0.717) is 30.5 Å². The van der Waals surface area contributed by atoms with Gasteiger partial charge in [0.15, 0.2) is 0 Å². The summed E-state index contributed by atoms with van der Waals surface area (Å²) < 4.78 is 53.0. The summed E-state index contributed by atoms with van der Waals surface area (Å²) in [5, 5.41) is 6.09. The molecule has 7 nitrogen and oxygen atoms in total. The molecule has 0 amide bonds. The average Bonchev–Trinajstić information content (AvgIpc) is 3.58. The van der Waals surface area contributed by atoms with E-state index in [-0.39, 0.29) is 12.0 Å². The number of alkyl halides is 3. The van der Waals surface area contributed by atoms with Crippen molar-refractivity contribution < 1.29 is 22.4 Å². The van der Waals surface area contributed by atoms with Crippen molar-refractivity contribution in [2.24, 2.45) is 10.2 Å². The van der Waals surface area contributed by atoms with E-state index in [1.165, 1.54) is 12.1 Å². The van der Waals surface area contributed by atoms with Crippen molar-refractivity contribution in [1.82, 2.24) is 15.0 Å². The molecule has 3 aromatic carbocycles. The van der Waals surface area contributed by atoms with Gasteiger partial charge in [-0.3, -0.25) is 0 Å². The van der Waals surface area contributed by atoms with Crippen LogP contribution < -0.4 is 10.5 Å². The van der Waals surface area contributed by atoms with Crippen LogP contribution in [0, 0.1) is 0 Å². The summed E-state index contributed by atoms with van der Waals surface area (Å²) in [7, 11) is 0. The van der Waals surface area contributed by atoms with Gasteiger partial charge in [-0.15, -0.1) is 4.51 Å². The summed E-state index contributed by atoms with van der Waals surface area (Å²) in [5.41, 5.74) is 6.81. The Balaban J connectivity index is 1.24. The third-order valence-electron chi connectivity index (χ3n) is 6.37. The van der Waals surface area contributed by atoms with Gasteiger partial charge in [0, 0.05) is 30.3 Å². The van der Waals surface area contributed by atoms with E-state index >= 15 is 0 Å². The van der Waals surface area contributed by atoms with Gasteiger partial charge >= 0.3 is 6.18 Å². The van der Waals surface area contributed by atoms with Gasteiger partial charge in [0.1, 0.15) is 11.8 Å². The predicted molar refractivity (Wildman–Crippen MR) is 134 cm³/mol. The topological polar surface area (TPSA) is 89.8 Å². The van der Waals surface area contributed by atoms with Gasteiger partial charge in [0.25, 0.3) is 0 Å². The highest BCUT2D eigenvalue weighted by Gasteiger charge is 2.32. The smallest absolute Gasteiger partial charge is 0.416 e. The van der Waals surface area contributed by atoms with Gasteiger partial charge in [-0.05, 0) is 59.5 Å². The van der Waals surface area contributed by atoms with Gasteiger partial charge in [-0.25, -0.2) is 0 Å². The fourth-order valence-corrected chi connectivity index (χ4v) is 4.53. The van der Waals surface area contributed by atoms with Crippen LogP contribution in [-0.2, 0) is 12.6 Å². The fourth-order valence-electron chi connectivity index (χ4n) is 4.43. The fraction of sp³-hybridized carbons (Fsp3) is 0.269. The normalized spacial score (nSPS) is 16.5. The molecule has 0 aliphatic carbocycles. The molecule has 1 aromatic heterocycles. The van der Waals surface area contributed by atoms with Crippen LogP contribution in [0.25, 0.3) is 22.2 Å². The van der Waals surface area contributed by atoms with Crippen LogP contribution in [0.15, 0.2) is 69.7 Å².